The molecule has 0 aromatic heterocycles. The van der Waals surface area contributed by atoms with E-state index in [1.54, 1.807) is 0 Å². The minimum Gasteiger partial charge on any atom is -0.354 e. The molecule has 2 aliphatic carbocycles. The van der Waals surface area contributed by atoms with Crippen LogP contribution in [0.15, 0.2) is 24.3 Å². The maximum absolute atomic E-state index is 13.1. The van der Waals surface area contributed by atoms with E-state index in [0.717, 1.165) is 24.8 Å². The van der Waals surface area contributed by atoms with Gasteiger partial charge in [0.1, 0.15) is 5.82 Å². The minimum absolute atomic E-state index is 0.0212. The van der Waals surface area contributed by atoms with Crippen molar-refractivity contribution in [3.8, 4) is 0 Å². The maximum Gasteiger partial charge on any atom is 0.237 e. The van der Waals surface area contributed by atoms with Crippen molar-refractivity contribution in [3.63, 3.8) is 0 Å². The molecule has 1 aliphatic heterocycles. The van der Waals surface area contributed by atoms with Crippen molar-refractivity contribution in [2.24, 2.45) is 5.92 Å². The van der Waals surface area contributed by atoms with Crippen molar-refractivity contribution in [3.05, 3.63) is 35.6 Å². The van der Waals surface area contributed by atoms with Crippen LogP contribution in [0, 0.1) is 11.7 Å². The highest BCUT2D eigenvalue weighted by molar-refractivity contribution is 5.82. The van der Waals surface area contributed by atoms with E-state index in [1.807, 2.05) is 12.1 Å². The van der Waals surface area contributed by atoms with Crippen LogP contribution in [0.2, 0.25) is 0 Å². The van der Waals surface area contributed by atoms with Crippen LogP contribution in [-0.2, 0) is 10.2 Å². The fraction of sp³-hybridized carbons (Fsp3) is 0.632. The van der Waals surface area contributed by atoms with Crippen molar-refractivity contribution in [1.82, 2.24) is 10.6 Å². The third-order valence-corrected chi connectivity index (χ3v) is 6.09. The summed E-state index contributed by atoms with van der Waals surface area (Å²) in [4.78, 5) is 12.5. The van der Waals surface area contributed by atoms with Crippen LogP contribution in [0.5, 0.6) is 0 Å². The van der Waals surface area contributed by atoms with Gasteiger partial charge >= 0.3 is 0 Å². The Morgan fingerprint density at radius 2 is 1.96 bits per heavy atom. The highest BCUT2D eigenvalue weighted by Gasteiger charge is 2.45. The molecule has 1 amide bonds. The lowest BCUT2D eigenvalue weighted by Gasteiger charge is -2.24. The van der Waals surface area contributed by atoms with E-state index in [0.29, 0.717) is 18.5 Å². The molecule has 0 spiro atoms. The zero-order chi connectivity index (χ0) is 15.9. The van der Waals surface area contributed by atoms with Crippen LogP contribution in [-0.4, -0.2) is 24.5 Å². The lowest BCUT2D eigenvalue weighted by Crippen LogP contribution is -2.45. The summed E-state index contributed by atoms with van der Waals surface area (Å²) in [6.07, 6.45) is 8.21. The smallest absolute Gasteiger partial charge is 0.237 e. The summed E-state index contributed by atoms with van der Waals surface area (Å²) in [5, 5.41) is 6.69. The largest absolute Gasteiger partial charge is 0.354 e. The number of hydrogen-bond acceptors (Lipinski definition) is 2. The highest BCUT2D eigenvalue weighted by Crippen LogP contribution is 2.47. The van der Waals surface area contributed by atoms with Gasteiger partial charge in [0.15, 0.2) is 0 Å². The molecule has 4 heteroatoms. The Hall–Kier alpha value is -1.42. The zero-order valence-corrected chi connectivity index (χ0v) is 13.5. The first-order valence-electron chi connectivity index (χ1n) is 8.96. The first-order chi connectivity index (χ1) is 11.2. The number of carbonyl (C=O) groups excluding carboxylic acids is 1. The van der Waals surface area contributed by atoms with Crippen molar-refractivity contribution < 1.29 is 9.18 Å². The fourth-order valence-corrected chi connectivity index (χ4v) is 4.42. The molecule has 2 N–H and O–H groups in total. The first kappa shape index (κ1) is 15.1. The molecule has 0 radical (unpaired) electrons. The molecular weight excluding hydrogens is 291 g/mol. The van der Waals surface area contributed by atoms with Gasteiger partial charge in [-0.2, -0.15) is 0 Å². The van der Waals surface area contributed by atoms with E-state index < -0.39 is 0 Å². The van der Waals surface area contributed by atoms with Crippen molar-refractivity contribution in [1.29, 1.82) is 0 Å². The van der Waals surface area contributed by atoms with Gasteiger partial charge in [-0.1, -0.05) is 25.0 Å². The van der Waals surface area contributed by atoms with Gasteiger partial charge in [-0.05, 0) is 55.7 Å². The zero-order valence-electron chi connectivity index (χ0n) is 13.5. The molecule has 23 heavy (non-hydrogen) atoms. The van der Waals surface area contributed by atoms with E-state index in [2.05, 4.69) is 10.6 Å². The van der Waals surface area contributed by atoms with Gasteiger partial charge < -0.3 is 10.6 Å². The number of benzene rings is 1. The Kier molecular flexibility index (Phi) is 3.88. The molecule has 4 rings (SSSR count). The Morgan fingerprint density at radius 1 is 1.22 bits per heavy atom. The monoisotopic (exact) mass is 316 g/mol. The third kappa shape index (κ3) is 3.01. The highest BCUT2D eigenvalue weighted by atomic mass is 19.1. The molecule has 1 saturated heterocycles. The number of fused-ring (bicyclic) bond motifs is 1. The van der Waals surface area contributed by atoms with Gasteiger partial charge in [0, 0.05) is 18.0 Å². The summed E-state index contributed by atoms with van der Waals surface area (Å²) in [7, 11) is 0. The number of nitrogens with one attached hydrogen (secondary N) is 2. The van der Waals surface area contributed by atoms with Gasteiger partial charge in [-0.25, -0.2) is 4.39 Å². The molecule has 2 saturated carbocycles. The molecule has 3 nitrogen and oxygen atoms in total. The van der Waals surface area contributed by atoms with Crippen LogP contribution in [0.3, 0.4) is 0 Å². The second kappa shape index (κ2) is 5.90. The standard InChI is InChI=1S/C19H25FN2O/c20-15-7-5-14(6-8-15)19(9-10-19)12-21-18(23)17-11-13-3-1-2-4-16(13)22-17/h5-8,13,16-17,22H,1-4,9-12H2,(H,21,23). The Bertz CT molecular complexity index is 568. The number of amides is 1. The van der Waals surface area contributed by atoms with Crippen LogP contribution in [0.25, 0.3) is 0 Å². The van der Waals surface area contributed by atoms with E-state index >= 15 is 0 Å². The van der Waals surface area contributed by atoms with Crippen LogP contribution in [0.4, 0.5) is 4.39 Å². The van der Waals surface area contributed by atoms with Gasteiger partial charge in [-0.3, -0.25) is 4.79 Å². The lowest BCUT2D eigenvalue weighted by molar-refractivity contribution is -0.123. The Morgan fingerprint density at radius 3 is 2.65 bits per heavy atom. The minimum atomic E-state index is -0.202. The summed E-state index contributed by atoms with van der Waals surface area (Å²) >= 11 is 0. The van der Waals surface area contributed by atoms with Crippen molar-refractivity contribution in [2.75, 3.05) is 6.54 Å². The second-order valence-corrected chi connectivity index (χ2v) is 7.61. The average Bonchev–Trinajstić information content (AvgIpc) is 3.23. The van der Waals surface area contributed by atoms with Crippen LogP contribution in [0.1, 0.15) is 50.5 Å². The third-order valence-electron chi connectivity index (χ3n) is 6.09. The number of halogens is 1. The van der Waals surface area contributed by atoms with Crippen LogP contribution < -0.4 is 10.6 Å². The van der Waals surface area contributed by atoms with Gasteiger partial charge in [-0.15, -0.1) is 0 Å². The van der Waals surface area contributed by atoms with E-state index in [4.69, 9.17) is 0 Å². The summed E-state index contributed by atoms with van der Waals surface area (Å²) in [6, 6.07) is 7.27. The van der Waals surface area contributed by atoms with Gasteiger partial charge in [0.05, 0.1) is 6.04 Å². The molecule has 3 fully saturated rings. The van der Waals surface area contributed by atoms with E-state index in [9.17, 15) is 9.18 Å². The molecule has 3 atom stereocenters. The predicted octanol–water partition coefficient (Wildman–Crippen LogP) is 2.89. The summed E-state index contributed by atoms with van der Waals surface area (Å²) in [5.41, 5.74) is 1.18. The number of rotatable bonds is 4. The topological polar surface area (TPSA) is 41.1 Å². The Balaban J connectivity index is 1.34. The van der Waals surface area contributed by atoms with Gasteiger partial charge in [0.2, 0.25) is 5.91 Å². The first-order valence-corrected chi connectivity index (χ1v) is 8.96. The molecule has 3 aliphatic rings. The molecule has 124 valence electrons. The summed E-state index contributed by atoms with van der Waals surface area (Å²) in [6.45, 7) is 0.672. The summed E-state index contributed by atoms with van der Waals surface area (Å²) in [5.74, 6) is 0.630. The Labute approximate surface area is 137 Å². The van der Waals surface area contributed by atoms with E-state index in [-0.39, 0.29) is 23.2 Å². The fourth-order valence-electron chi connectivity index (χ4n) is 4.42. The van der Waals surface area contributed by atoms with E-state index in [1.165, 1.54) is 37.8 Å². The molecule has 1 aromatic rings. The van der Waals surface area contributed by atoms with Crippen LogP contribution >= 0.6 is 0 Å². The molecule has 1 aromatic carbocycles. The quantitative estimate of drug-likeness (QED) is 0.897. The summed E-state index contributed by atoms with van der Waals surface area (Å²) < 4.78 is 13.1. The van der Waals surface area contributed by atoms with Crippen molar-refractivity contribution in [2.45, 2.75) is 62.4 Å². The molecule has 0 bridgehead atoms. The maximum atomic E-state index is 13.1. The average molecular weight is 316 g/mol. The molecule has 3 unspecified atom stereocenters. The van der Waals surface area contributed by atoms with Gasteiger partial charge in [0.25, 0.3) is 0 Å². The lowest BCUT2D eigenvalue weighted by atomic mass is 9.85. The van der Waals surface area contributed by atoms with Crippen molar-refractivity contribution >= 4 is 5.91 Å². The molecule has 1 heterocycles. The normalized spacial score (nSPS) is 31.4. The SMILES string of the molecule is O=C(NCC1(c2ccc(F)cc2)CC1)C1CC2CCCCC2N1. The predicted molar refractivity (Wildman–Crippen MR) is 87.6 cm³/mol. The molecular formula is C19H25FN2O. The number of carbonyl (C=O) groups is 1. The number of hydrogen-bond donors (Lipinski definition) is 2. The second-order valence-electron chi connectivity index (χ2n) is 7.61.